The van der Waals surface area contributed by atoms with Gasteiger partial charge in [-0.15, -0.1) is 5.10 Å². The van der Waals surface area contributed by atoms with Gasteiger partial charge in [0.1, 0.15) is 5.69 Å². The van der Waals surface area contributed by atoms with Gasteiger partial charge in [-0.2, -0.15) is 5.10 Å². The van der Waals surface area contributed by atoms with Crippen molar-refractivity contribution in [1.82, 2.24) is 9.55 Å². The highest BCUT2D eigenvalue weighted by Gasteiger charge is 2.10. The Balaban J connectivity index is 1.68. The summed E-state index contributed by atoms with van der Waals surface area (Å²) in [5.74, 6) is 0.293. The monoisotopic (exact) mass is 395 g/mol. The third kappa shape index (κ3) is 4.01. The first-order chi connectivity index (χ1) is 14.5. The lowest BCUT2D eigenvalue weighted by molar-refractivity contribution is 0.822. The van der Waals surface area contributed by atoms with Gasteiger partial charge in [-0.25, -0.2) is 0 Å². The van der Waals surface area contributed by atoms with Crippen molar-refractivity contribution in [2.24, 2.45) is 15.9 Å². The number of fused-ring (bicyclic) bond motifs is 1. The number of rotatable bonds is 5. The molecule has 150 valence electrons. The molecule has 30 heavy (non-hydrogen) atoms. The number of amidine groups is 1. The normalized spacial score (nSPS) is 12.2. The molecule has 0 bridgehead atoms. The molecule has 0 aliphatic carbocycles. The van der Waals surface area contributed by atoms with Crippen LogP contribution in [-0.2, 0) is 6.54 Å². The van der Waals surface area contributed by atoms with Crippen molar-refractivity contribution in [3.63, 3.8) is 0 Å². The summed E-state index contributed by atoms with van der Waals surface area (Å²) < 4.78 is 2.27. The number of pyridine rings is 1. The van der Waals surface area contributed by atoms with E-state index in [4.69, 9.17) is 5.73 Å². The predicted octanol–water partition coefficient (Wildman–Crippen LogP) is 4.75. The maximum atomic E-state index is 5.99. The number of aryl methyl sites for hydroxylation is 3. The summed E-state index contributed by atoms with van der Waals surface area (Å²) in [6.07, 6.45) is 5.56. The lowest BCUT2D eigenvalue weighted by atomic mass is 10.00. The molecule has 0 aliphatic heterocycles. The van der Waals surface area contributed by atoms with Crippen LogP contribution in [-0.4, -0.2) is 21.6 Å². The topological polar surface area (TPSA) is 68.6 Å². The highest BCUT2D eigenvalue weighted by molar-refractivity contribution is 6.00. The van der Waals surface area contributed by atoms with Gasteiger partial charge in [-0.05, 0) is 55.7 Å². The Morgan fingerprint density at radius 3 is 2.50 bits per heavy atom. The molecule has 0 radical (unpaired) electrons. The minimum absolute atomic E-state index is 0.293. The lowest BCUT2D eigenvalue weighted by Crippen LogP contribution is -2.14. The summed E-state index contributed by atoms with van der Waals surface area (Å²) in [5, 5.41) is 9.47. The first-order valence-corrected chi connectivity index (χ1v) is 9.95. The van der Waals surface area contributed by atoms with Crippen molar-refractivity contribution in [3.05, 3.63) is 101 Å². The zero-order valence-electron chi connectivity index (χ0n) is 17.5. The Morgan fingerprint density at radius 1 is 1.03 bits per heavy atom. The van der Waals surface area contributed by atoms with E-state index in [0.717, 1.165) is 17.5 Å². The molecule has 2 heterocycles. The molecule has 2 N–H and O–H groups in total. The zero-order chi connectivity index (χ0) is 21.1. The van der Waals surface area contributed by atoms with E-state index in [9.17, 15) is 0 Å². The van der Waals surface area contributed by atoms with Gasteiger partial charge in [0.25, 0.3) is 0 Å². The fraction of sp³-hybridized carbons (Fsp3) is 0.160. The SMILES string of the molecule is Cc1cc(C)c(Cn2cc(/C=N/N=C(/N)c3ccccn3)c3ccccc32)c(C)c1. The van der Waals surface area contributed by atoms with Crippen LogP contribution in [0.1, 0.15) is 33.5 Å². The number of hydrogen-bond acceptors (Lipinski definition) is 3. The van der Waals surface area contributed by atoms with E-state index in [0.29, 0.717) is 11.5 Å². The molecular weight excluding hydrogens is 370 g/mol. The van der Waals surface area contributed by atoms with E-state index >= 15 is 0 Å². The molecule has 0 spiro atoms. The van der Waals surface area contributed by atoms with E-state index in [1.165, 1.54) is 27.8 Å². The van der Waals surface area contributed by atoms with E-state index in [1.54, 1.807) is 12.4 Å². The van der Waals surface area contributed by atoms with Crippen molar-refractivity contribution in [2.45, 2.75) is 27.3 Å². The van der Waals surface area contributed by atoms with Gasteiger partial charge in [0, 0.05) is 35.4 Å². The van der Waals surface area contributed by atoms with E-state index in [-0.39, 0.29) is 0 Å². The van der Waals surface area contributed by atoms with Crippen LogP contribution in [0.25, 0.3) is 10.9 Å². The fourth-order valence-electron chi connectivity index (χ4n) is 3.86. The summed E-state index contributed by atoms with van der Waals surface area (Å²) in [5.41, 5.74) is 14.0. The molecule has 4 rings (SSSR count). The lowest BCUT2D eigenvalue weighted by Gasteiger charge is -2.13. The molecule has 5 heteroatoms. The predicted molar refractivity (Wildman–Crippen MR) is 124 cm³/mol. The van der Waals surface area contributed by atoms with Crippen LogP contribution in [0.5, 0.6) is 0 Å². The summed E-state index contributed by atoms with van der Waals surface area (Å²) in [6, 6.07) is 18.3. The van der Waals surface area contributed by atoms with Crippen LogP contribution in [0.4, 0.5) is 0 Å². The number of nitrogens with two attached hydrogens (primary N) is 1. The Hall–Kier alpha value is -3.73. The maximum absolute atomic E-state index is 5.99. The molecule has 0 saturated carbocycles. The largest absolute Gasteiger partial charge is 0.380 e. The average molecular weight is 396 g/mol. The zero-order valence-corrected chi connectivity index (χ0v) is 17.5. The van der Waals surface area contributed by atoms with Gasteiger partial charge in [0.05, 0.1) is 6.21 Å². The Morgan fingerprint density at radius 2 is 1.77 bits per heavy atom. The molecule has 2 aromatic heterocycles. The average Bonchev–Trinajstić information content (AvgIpc) is 3.09. The summed E-state index contributed by atoms with van der Waals surface area (Å²) in [4.78, 5) is 4.19. The van der Waals surface area contributed by atoms with Crippen LogP contribution < -0.4 is 5.73 Å². The summed E-state index contributed by atoms with van der Waals surface area (Å²) in [7, 11) is 0. The molecular formula is C25H25N5. The van der Waals surface area contributed by atoms with Crippen LogP contribution in [0.15, 0.2) is 77.2 Å². The number of nitrogens with zero attached hydrogens (tertiary/aromatic N) is 4. The van der Waals surface area contributed by atoms with Crippen molar-refractivity contribution >= 4 is 23.0 Å². The standard InChI is InChI=1S/C25H25N5/c1-17-12-18(2)22(19(3)13-17)16-30-15-20(21-8-4-5-10-24(21)30)14-28-29-25(26)23-9-6-7-11-27-23/h4-15H,16H2,1-3H3,(H2,26,29)/b28-14+. The van der Waals surface area contributed by atoms with Crippen molar-refractivity contribution < 1.29 is 0 Å². The molecule has 0 atom stereocenters. The van der Waals surface area contributed by atoms with Gasteiger partial charge in [-0.1, -0.05) is 42.0 Å². The van der Waals surface area contributed by atoms with E-state index in [1.807, 2.05) is 24.3 Å². The second kappa shape index (κ2) is 8.33. The first kappa shape index (κ1) is 19.6. The first-order valence-electron chi connectivity index (χ1n) is 9.95. The molecule has 0 saturated heterocycles. The molecule has 2 aromatic carbocycles. The van der Waals surface area contributed by atoms with Crippen LogP contribution in [0, 0.1) is 20.8 Å². The fourth-order valence-corrected chi connectivity index (χ4v) is 3.86. The van der Waals surface area contributed by atoms with Crippen molar-refractivity contribution in [2.75, 3.05) is 0 Å². The van der Waals surface area contributed by atoms with Gasteiger partial charge in [-0.3, -0.25) is 4.98 Å². The maximum Gasteiger partial charge on any atom is 0.171 e. The summed E-state index contributed by atoms with van der Waals surface area (Å²) in [6.45, 7) is 7.31. The molecule has 0 fully saturated rings. The molecule has 5 nitrogen and oxygen atoms in total. The highest BCUT2D eigenvalue weighted by atomic mass is 15.2. The van der Waals surface area contributed by atoms with Crippen molar-refractivity contribution in [3.8, 4) is 0 Å². The van der Waals surface area contributed by atoms with Gasteiger partial charge < -0.3 is 10.3 Å². The number of aromatic nitrogens is 2. The number of hydrogen-bond donors (Lipinski definition) is 1. The molecule has 0 aliphatic rings. The molecule has 0 amide bonds. The Labute approximate surface area is 176 Å². The smallest absolute Gasteiger partial charge is 0.171 e. The quantitative estimate of drug-likeness (QED) is 0.301. The van der Waals surface area contributed by atoms with Crippen LogP contribution in [0.2, 0.25) is 0 Å². The molecule has 0 unspecified atom stereocenters. The minimum Gasteiger partial charge on any atom is -0.380 e. The third-order valence-electron chi connectivity index (χ3n) is 5.28. The third-order valence-corrected chi connectivity index (χ3v) is 5.28. The van der Waals surface area contributed by atoms with Gasteiger partial charge in [0.2, 0.25) is 0 Å². The highest BCUT2D eigenvalue weighted by Crippen LogP contribution is 2.24. The second-order valence-corrected chi connectivity index (χ2v) is 7.55. The van der Waals surface area contributed by atoms with Crippen molar-refractivity contribution in [1.29, 1.82) is 0 Å². The Kier molecular flexibility index (Phi) is 5.44. The van der Waals surface area contributed by atoms with E-state index < -0.39 is 0 Å². The van der Waals surface area contributed by atoms with E-state index in [2.05, 4.69) is 77.1 Å². The second-order valence-electron chi connectivity index (χ2n) is 7.55. The van der Waals surface area contributed by atoms with Gasteiger partial charge in [0.15, 0.2) is 5.84 Å². The number of para-hydroxylation sites is 1. The molecule has 4 aromatic rings. The Bertz CT molecular complexity index is 1230. The van der Waals surface area contributed by atoms with Gasteiger partial charge >= 0.3 is 0 Å². The minimum atomic E-state index is 0.293. The summed E-state index contributed by atoms with van der Waals surface area (Å²) >= 11 is 0. The van der Waals surface area contributed by atoms with Crippen LogP contribution >= 0.6 is 0 Å². The van der Waals surface area contributed by atoms with Crippen LogP contribution in [0.3, 0.4) is 0 Å². The number of benzene rings is 2.